The molecule has 1 heterocycles. The molecule has 0 spiro atoms. The Balaban J connectivity index is 1.59. The summed E-state index contributed by atoms with van der Waals surface area (Å²) >= 11 is 0. The molecule has 0 aliphatic heterocycles. The van der Waals surface area contributed by atoms with E-state index in [-0.39, 0.29) is 5.91 Å². The third-order valence-corrected chi connectivity index (χ3v) is 5.31. The Morgan fingerprint density at radius 1 is 1.03 bits per heavy atom. The van der Waals surface area contributed by atoms with Crippen LogP contribution in [0.1, 0.15) is 37.6 Å². The standard InChI is InChI=1S/C24H28N4O/c1-2-22-26-21-11-7-6-10-20(21)24(27-22)28(16-14-18-8-4-3-5-9-18)17-15-23(29)25-19-12-13-19/h3-11,19H,2,12-17H2,1H3,(H,25,29). The SMILES string of the molecule is CCc1nc(N(CCC(=O)NC2CC2)CCc2ccccc2)c2ccccc2n1. The molecular formula is C24H28N4O. The predicted octanol–water partition coefficient (Wildman–Crippen LogP) is 3.91. The van der Waals surface area contributed by atoms with Crippen LogP contribution in [-0.4, -0.2) is 35.0 Å². The number of aromatic nitrogens is 2. The average Bonchev–Trinajstić information content (AvgIpc) is 3.57. The van der Waals surface area contributed by atoms with Crippen LogP contribution in [0.3, 0.4) is 0 Å². The van der Waals surface area contributed by atoms with Gasteiger partial charge in [-0.1, -0.05) is 49.4 Å². The van der Waals surface area contributed by atoms with Crippen LogP contribution in [0.15, 0.2) is 54.6 Å². The van der Waals surface area contributed by atoms with Crippen LogP contribution in [0.25, 0.3) is 10.9 Å². The fourth-order valence-electron chi connectivity index (χ4n) is 3.50. The molecule has 0 atom stereocenters. The summed E-state index contributed by atoms with van der Waals surface area (Å²) in [7, 11) is 0. The molecular weight excluding hydrogens is 360 g/mol. The van der Waals surface area contributed by atoms with E-state index in [1.54, 1.807) is 0 Å². The van der Waals surface area contributed by atoms with E-state index in [4.69, 9.17) is 4.98 Å². The number of amides is 1. The van der Waals surface area contributed by atoms with Crippen LogP contribution in [0.2, 0.25) is 0 Å². The molecule has 1 aromatic heterocycles. The van der Waals surface area contributed by atoms with Gasteiger partial charge in [0.25, 0.3) is 0 Å². The Labute approximate surface area is 172 Å². The van der Waals surface area contributed by atoms with E-state index in [1.165, 1.54) is 5.56 Å². The van der Waals surface area contributed by atoms with Gasteiger partial charge >= 0.3 is 0 Å². The highest BCUT2D eigenvalue weighted by molar-refractivity contribution is 5.89. The van der Waals surface area contributed by atoms with Crippen molar-refractivity contribution in [1.82, 2.24) is 15.3 Å². The van der Waals surface area contributed by atoms with Crippen molar-refractivity contribution in [3.8, 4) is 0 Å². The van der Waals surface area contributed by atoms with Crippen molar-refractivity contribution >= 4 is 22.6 Å². The molecule has 1 saturated carbocycles. The fourth-order valence-corrected chi connectivity index (χ4v) is 3.50. The Hall–Kier alpha value is -2.95. The fraction of sp³-hybridized carbons (Fsp3) is 0.375. The molecule has 150 valence electrons. The number of carbonyl (C=O) groups is 1. The van der Waals surface area contributed by atoms with Crippen molar-refractivity contribution in [2.75, 3.05) is 18.0 Å². The van der Waals surface area contributed by atoms with Gasteiger partial charge in [0.15, 0.2) is 0 Å². The van der Waals surface area contributed by atoms with E-state index in [9.17, 15) is 4.79 Å². The second-order valence-corrected chi connectivity index (χ2v) is 7.65. The summed E-state index contributed by atoms with van der Waals surface area (Å²) in [6.45, 7) is 3.53. The van der Waals surface area contributed by atoms with E-state index >= 15 is 0 Å². The van der Waals surface area contributed by atoms with Gasteiger partial charge in [-0.05, 0) is 37.0 Å². The van der Waals surface area contributed by atoms with Crippen molar-refractivity contribution in [1.29, 1.82) is 0 Å². The molecule has 5 heteroatoms. The number of aryl methyl sites for hydroxylation is 1. The lowest BCUT2D eigenvalue weighted by atomic mass is 10.1. The minimum Gasteiger partial charge on any atom is -0.355 e. The zero-order valence-corrected chi connectivity index (χ0v) is 17.0. The van der Waals surface area contributed by atoms with Gasteiger partial charge in [0, 0.05) is 37.4 Å². The topological polar surface area (TPSA) is 58.1 Å². The van der Waals surface area contributed by atoms with Crippen molar-refractivity contribution in [3.63, 3.8) is 0 Å². The van der Waals surface area contributed by atoms with Crippen molar-refractivity contribution in [2.45, 2.75) is 45.1 Å². The Bertz CT molecular complexity index is 969. The maximum absolute atomic E-state index is 12.3. The lowest BCUT2D eigenvalue weighted by Gasteiger charge is -2.25. The first-order valence-corrected chi connectivity index (χ1v) is 10.6. The van der Waals surface area contributed by atoms with Crippen molar-refractivity contribution in [2.24, 2.45) is 0 Å². The van der Waals surface area contributed by atoms with Crippen LogP contribution in [0.5, 0.6) is 0 Å². The lowest BCUT2D eigenvalue weighted by molar-refractivity contribution is -0.121. The van der Waals surface area contributed by atoms with E-state index in [0.717, 1.165) is 54.8 Å². The van der Waals surface area contributed by atoms with Gasteiger partial charge in [0.2, 0.25) is 5.91 Å². The number of rotatable bonds is 9. The van der Waals surface area contributed by atoms with Gasteiger partial charge in [-0.3, -0.25) is 4.79 Å². The Kier molecular flexibility index (Phi) is 6.03. The molecule has 29 heavy (non-hydrogen) atoms. The van der Waals surface area contributed by atoms with Crippen molar-refractivity contribution < 1.29 is 4.79 Å². The van der Waals surface area contributed by atoms with Gasteiger partial charge in [-0.2, -0.15) is 0 Å². The molecule has 1 aliphatic carbocycles. The first-order valence-electron chi connectivity index (χ1n) is 10.6. The number of benzene rings is 2. The molecule has 1 N–H and O–H groups in total. The third-order valence-electron chi connectivity index (χ3n) is 5.31. The van der Waals surface area contributed by atoms with Crippen molar-refractivity contribution in [3.05, 3.63) is 66.0 Å². The first kappa shape index (κ1) is 19.4. The quantitative estimate of drug-likeness (QED) is 0.604. The van der Waals surface area contributed by atoms with E-state index in [2.05, 4.69) is 52.5 Å². The number of fused-ring (bicyclic) bond motifs is 1. The second-order valence-electron chi connectivity index (χ2n) is 7.65. The number of para-hydroxylation sites is 1. The van der Waals surface area contributed by atoms with E-state index in [1.807, 2.05) is 24.3 Å². The lowest BCUT2D eigenvalue weighted by Crippen LogP contribution is -2.33. The van der Waals surface area contributed by atoms with Gasteiger partial charge in [-0.25, -0.2) is 9.97 Å². The number of hydrogen-bond acceptors (Lipinski definition) is 4. The second kappa shape index (κ2) is 9.03. The molecule has 0 saturated heterocycles. The van der Waals surface area contributed by atoms with Crippen LogP contribution < -0.4 is 10.2 Å². The summed E-state index contributed by atoms with van der Waals surface area (Å²) in [4.78, 5) is 24.1. The zero-order valence-electron chi connectivity index (χ0n) is 17.0. The molecule has 1 amide bonds. The Morgan fingerprint density at radius 3 is 2.55 bits per heavy atom. The van der Waals surface area contributed by atoms with Crippen LogP contribution in [0, 0.1) is 0 Å². The number of hydrogen-bond donors (Lipinski definition) is 1. The highest BCUT2D eigenvalue weighted by Crippen LogP contribution is 2.25. The minimum atomic E-state index is 0.131. The molecule has 5 nitrogen and oxygen atoms in total. The minimum absolute atomic E-state index is 0.131. The summed E-state index contributed by atoms with van der Waals surface area (Å²) in [5, 5.41) is 4.14. The highest BCUT2D eigenvalue weighted by atomic mass is 16.1. The summed E-state index contributed by atoms with van der Waals surface area (Å²) < 4.78 is 0. The predicted molar refractivity (Wildman–Crippen MR) is 117 cm³/mol. The third kappa shape index (κ3) is 5.11. The maximum Gasteiger partial charge on any atom is 0.221 e. The van der Waals surface area contributed by atoms with Crippen LogP contribution in [0.4, 0.5) is 5.82 Å². The number of nitrogens with one attached hydrogen (secondary N) is 1. The Morgan fingerprint density at radius 2 is 1.79 bits per heavy atom. The summed E-state index contributed by atoms with van der Waals surface area (Å²) in [5.74, 6) is 1.90. The molecule has 1 fully saturated rings. The normalized spacial score (nSPS) is 13.4. The summed E-state index contributed by atoms with van der Waals surface area (Å²) in [6, 6.07) is 19.0. The van der Waals surface area contributed by atoms with Gasteiger partial charge < -0.3 is 10.2 Å². The molecule has 4 rings (SSSR count). The number of nitrogens with zero attached hydrogens (tertiary/aromatic N) is 3. The first-order chi connectivity index (χ1) is 14.2. The molecule has 0 unspecified atom stereocenters. The molecule has 0 bridgehead atoms. The summed E-state index contributed by atoms with van der Waals surface area (Å²) in [6.07, 6.45) is 4.39. The highest BCUT2D eigenvalue weighted by Gasteiger charge is 2.23. The van der Waals surface area contributed by atoms with E-state index < -0.39 is 0 Å². The largest absolute Gasteiger partial charge is 0.355 e. The average molecular weight is 389 g/mol. The van der Waals surface area contributed by atoms with Gasteiger partial charge in [0.05, 0.1) is 5.52 Å². The zero-order chi connectivity index (χ0) is 20.1. The maximum atomic E-state index is 12.3. The number of carbonyl (C=O) groups excluding carboxylic acids is 1. The monoisotopic (exact) mass is 388 g/mol. The molecule has 0 radical (unpaired) electrons. The number of anilines is 1. The van der Waals surface area contributed by atoms with Crippen LogP contribution in [-0.2, 0) is 17.6 Å². The molecule has 1 aliphatic rings. The van der Waals surface area contributed by atoms with Crippen LogP contribution >= 0.6 is 0 Å². The summed E-state index contributed by atoms with van der Waals surface area (Å²) in [5.41, 5.74) is 2.25. The van der Waals surface area contributed by atoms with Gasteiger partial charge in [0.1, 0.15) is 11.6 Å². The van der Waals surface area contributed by atoms with Gasteiger partial charge in [-0.15, -0.1) is 0 Å². The smallest absolute Gasteiger partial charge is 0.221 e. The van der Waals surface area contributed by atoms with E-state index in [0.29, 0.717) is 19.0 Å². The molecule has 2 aromatic carbocycles. The molecule has 3 aromatic rings.